The Morgan fingerprint density at radius 3 is 2.69 bits per heavy atom. The van der Waals surface area contributed by atoms with Crippen molar-refractivity contribution in [3.05, 3.63) is 71.4 Å². The highest BCUT2D eigenvalue weighted by molar-refractivity contribution is 5.94. The maximum absolute atomic E-state index is 12.8. The maximum atomic E-state index is 12.8. The minimum absolute atomic E-state index is 0.0650. The maximum Gasteiger partial charge on any atom is 0.290 e. The van der Waals surface area contributed by atoms with Crippen molar-refractivity contribution in [1.82, 2.24) is 24.6 Å². The van der Waals surface area contributed by atoms with Crippen molar-refractivity contribution in [2.24, 2.45) is 0 Å². The molecule has 29 heavy (non-hydrogen) atoms. The number of amides is 1. The largest absolute Gasteiger partial charge is 0.483 e. The van der Waals surface area contributed by atoms with Crippen molar-refractivity contribution in [1.29, 1.82) is 0 Å². The molecule has 3 N–H and O–H groups in total. The molecule has 0 radical (unpaired) electrons. The van der Waals surface area contributed by atoms with Crippen molar-refractivity contribution in [3.8, 4) is 0 Å². The highest BCUT2D eigenvalue weighted by Gasteiger charge is 2.29. The Morgan fingerprint density at radius 1 is 1.28 bits per heavy atom. The molecule has 3 aromatic rings. The average Bonchev–Trinajstić information content (AvgIpc) is 3.12. The zero-order chi connectivity index (χ0) is 20.8. The van der Waals surface area contributed by atoms with Gasteiger partial charge < -0.3 is 20.3 Å². The number of nitrogens with zero attached hydrogens (tertiary/aromatic N) is 5. The van der Waals surface area contributed by atoms with Crippen LogP contribution in [0.25, 0.3) is 0 Å². The number of nitrogen functional groups attached to an aromatic ring is 1. The molecule has 9 heteroatoms. The number of carbonyl (C=O) groups excluding carboxylic acids is 1. The number of fused-ring (bicyclic) bond motifs is 1. The zero-order valence-electron chi connectivity index (χ0n) is 16.0. The number of carboxylic acid groups (broad SMARTS) is 1. The Labute approximate surface area is 167 Å². The fraction of sp³-hybridized carbons (Fsp3) is 0.250. The number of benzene rings is 1. The number of hydrogen-bond donors (Lipinski definition) is 2. The molecule has 0 fully saturated rings. The van der Waals surface area contributed by atoms with Crippen LogP contribution in [0.2, 0.25) is 0 Å². The van der Waals surface area contributed by atoms with Crippen LogP contribution in [0.3, 0.4) is 0 Å². The first-order valence-electron chi connectivity index (χ1n) is 9.08. The topological polar surface area (TPSA) is 127 Å². The summed E-state index contributed by atoms with van der Waals surface area (Å²) in [4.78, 5) is 26.9. The van der Waals surface area contributed by atoms with E-state index in [-0.39, 0.29) is 18.4 Å². The number of aromatic nitrogens is 4. The van der Waals surface area contributed by atoms with E-state index in [4.69, 9.17) is 15.6 Å². The average molecular weight is 394 g/mol. The second-order valence-corrected chi connectivity index (χ2v) is 6.67. The van der Waals surface area contributed by atoms with Gasteiger partial charge in [-0.15, -0.1) is 10.2 Å². The summed E-state index contributed by atoms with van der Waals surface area (Å²) in [6.45, 7) is 2.88. The summed E-state index contributed by atoms with van der Waals surface area (Å²) in [7, 11) is 0. The normalized spacial score (nSPS) is 15.1. The van der Waals surface area contributed by atoms with Crippen molar-refractivity contribution in [2.75, 3.05) is 12.3 Å². The molecule has 1 aliphatic heterocycles. The molecule has 0 saturated heterocycles. The SMILES string of the molecule is C[C@H]1CN(C(=O)c2ccnc(N)c2)Cc2nnc(Cc3ccccc3)n21.O=CO. The van der Waals surface area contributed by atoms with Gasteiger partial charge in [-0.3, -0.25) is 9.59 Å². The summed E-state index contributed by atoms with van der Waals surface area (Å²) in [6, 6.07) is 13.6. The van der Waals surface area contributed by atoms with E-state index in [9.17, 15) is 4.79 Å². The van der Waals surface area contributed by atoms with Crippen molar-refractivity contribution < 1.29 is 14.7 Å². The quantitative estimate of drug-likeness (QED) is 0.648. The number of anilines is 1. The first kappa shape index (κ1) is 20.0. The van der Waals surface area contributed by atoms with E-state index >= 15 is 0 Å². The van der Waals surface area contributed by atoms with Crippen LogP contribution in [0.15, 0.2) is 48.7 Å². The van der Waals surface area contributed by atoms with E-state index < -0.39 is 0 Å². The molecule has 9 nitrogen and oxygen atoms in total. The summed E-state index contributed by atoms with van der Waals surface area (Å²) in [5.74, 6) is 2.02. The Hall–Kier alpha value is -3.75. The van der Waals surface area contributed by atoms with Gasteiger partial charge in [0.15, 0.2) is 5.82 Å². The third-order valence-corrected chi connectivity index (χ3v) is 4.61. The van der Waals surface area contributed by atoms with Gasteiger partial charge in [0.2, 0.25) is 0 Å². The molecule has 150 valence electrons. The third kappa shape index (κ3) is 4.57. The van der Waals surface area contributed by atoms with Gasteiger partial charge in [0.25, 0.3) is 12.4 Å². The van der Waals surface area contributed by atoms with Crippen LogP contribution in [0.1, 0.15) is 40.5 Å². The van der Waals surface area contributed by atoms with E-state index in [2.05, 4.69) is 38.8 Å². The molecule has 1 aromatic carbocycles. The van der Waals surface area contributed by atoms with Gasteiger partial charge in [0.05, 0.1) is 12.6 Å². The molecule has 3 heterocycles. The minimum Gasteiger partial charge on any atom is -0.483 e. The van der Waals surface area contributed by atoms with Gasteiger partial charge >= 0.3 is 0 Å². The van der Waals surface area contributed by atoms with E-state index in [0.717, 1.165) is 18.1 Å². The summed E-state index contributed by atoms with van der Waals surface area (Å²) in [6.07, 6.45) is 2.28. The van der Waals surface area contributed by atoms with E-state index in [1.54, 1.807) is 23.2 Å². The number of hydrogen-bond acceptors (Lipinski definition) is 6. The van der Waals surface area contributed by atoms with Gasteiger partial charge in [-0.25, -0.2) is 4.98 Å². The van der Waals surface area contributed by atoms with Crippen molar-refractivity contribution in [3.63, 3.8) is 0 Å². The lowest BCUT2D eigenvalue weighted by Crippen LogP contribution is -2.40. The number of rotatable bonds is 3. The molecule has 0 bridgehead atoms. The van der Waals surface area contributed by atoms with Crippen LogP contribution >= 0.6 is 0 Å². The minimum atomic E-state index is -0.250. The van der Waals surface area contributed by atoms with Gasteiger partial charge in [-0.2, -0.15) is 0 Å². The summed E-state index contributed by atoms with van der Waals surface area (Å²) >= 11 is 0. The lowest BCUT2D eigenvalue weighted by molar-refractivity contribution is -0.122. The van der Waals surface area contributed by atoms with Gasteiger partial charge in [0, 0.05) is 24.7 Å². The number of nitrogens with two attached hydrogens (primary N) is 1. The fourth-order valence-corrected chi connectivity index (χ4v) is 3.43. The van der Waals surface area contributed by atoms with Gasteiger partial charge in [-0.05, 0) is 24.6 Å². The Bertz CT molecular complexity index is 989. The molecular formula is C20H22N6O3. The van der Waals surface area contributed by atoms with Crippen LogP contribution in [-0.4, -0.2) is 48.7 Å². The molecule has 0 spiro atoms. The predicted molar refractivity (Wildman–Crippen MR) is 106 cm³/mol. The second-order valence-electron chi connectivity index (χ2n) is 6.67. The summed E-state index contributed by atoms with van der Waals surface area (Å²) < 4.78 is 2.15. The molecule has 0 saturated carbocycles. The lowest BCUT2D eigenvalue weighted by Gasteiger charge is -2.32. The van der Waals surface area contributed by atoms with Crippen LogP contribution in [-0.2, 0) is 17.8 Å². The second kappa shape index (κ2) is 8.96. The van der Waals surface area contributed by atoms with E-state index in [0.29, 0.717) is 24.5 Å². The number of pyridine rings is 1. The molecule has 1 aliphatic rings. The Kier molecular flexibility index (Phi) is 6.18. The van der Waals surface area contributed by atoms with Crippen LogP contribution in [0, 0.1) is 0 Å². The fourth-order valence-electron chi connectivity index (χ4n) is 3.43. The van der Waals surface area contributed by atoms with E-state index in [1.807, 2.05) is 18.2 Å². The zero-order valence-corrected chi connectivity index (χ0v) is 16.0. The predicted octanol–water partition coefficient (Wildman–Crippen LogP) is 1.76. The monoisotopic (exact) mass is 394 g/mol. The molecule has 2 aromatic heterocycles. The molecule has 0 aliphatic carbocycles. The van der Waals surface area contributed by atoms with Crippen molar-refractivity contribution >= 4 is 18.2 Å². The third-order valence-electron chi connectivity index (χ3n) is 4.61. The summed E-state index contributed by atoms with van der Waals surface area (Å²) in [5.41, 5.74) is 7.44. The highest BCUT2D eigenvalue weighted by atomic mass is 16.3. The number of carbonyl (C=O) groups is 2. The molecule has 1 amide bonds. The Balaban J connectivity index is 0.000000755. The smallest absolute Gasteiger partial charge is 0.290 e. The molecule has 4 rings (SSSR count). The summed E-state index contributed by atoms with van der Waals surface area (Å²) in [5, 5.41) is 15.6. The van der Waals surface area contributed by atoms with Gasteiger partial charge in [-0.1, -0.05) is 30.3 Å². The van der Waals surface area contributed by atoms with Crippen LogP contribution in [0.4, 0.5) is 5.82 Å². The van der Waals surface area contributed by atoms with Crippen LogP contribution in [0.5, 0.6) is 0 Å². The molecule has 1 atom stereocenters. The first-order chi connectivity index (χ1) is 14.0. The standard InChI is InChI=1S/C19H20N6O.CH2O2/c1-13-11-24(19(26)15-7-8-21-16(20)10-15)12-18-23-22-17(25(13)18)9-14-5-3-2-4-6-14;2-1-3/h2-8,10,13H,9,11-12H2,1H3,(H2,20,21);1H,(H,2,3)/t13-;/m0./s1. The Morgan fingerprint density at radius 2 is 2.00 bits per heavy atom. The van der Waals surface area contributed by atoms with Crippen LogP contribution < -0.4 is 5.73 Å². The lowest BCUT2D eigenvalue weighted by atomic mass is 10.1. The molecular weight excluding hydrogens is 372 g/mol. The van der Waals surface area contributed by atoms with Crippen molar-refractivity contribution in [2.45, 2.75) is 25.9 Å². The molecule has 0 unspecified atom stereocenters. The highest BCUT2D eigenvalue weighted by Crippen LogP contribution is 2.24. The van der Waals surface area contributed by atoms with Gasteiger partial charge in [0.1, 0.15) is 11.6 Å². The van der Waals surface area contributed by atoms with E-state index in [1.165, 1.54) is 5.56 Å². The first-order valence-corrected chi connectivity index (χ1v) is 9.08.